The summed E-state index contributed by atoms with van der Waals surface area (Å²) in [6, 6.07) is 0. The minimum absolute atomic E-state index is 0. The lowest BCUT2D eigenvalue weighted by atomic mass is 10.1. The van der Waals surface area contributed by atoms with Crippen LogP contribution in [0.1, 0.15) is 11.1 Å². The third kappa shape index (κ3) is 1.73. The fourth-order valence-electron chi connectivity index (χ4n) is 1.48. The summed E-state index contributed by atoms with van der Waals surface area (Å²) in [6.07, 6.45) is 2.59. The summed E-state index contributed by atoms with van der Waals surface area (Å²) in [4.78, 5) is 11.5. The van der Waals surface area contributed by atoms with Gasteiger partial charge < -0.3 is 5.32 Å². The van der Waals surface area contributed by atoms with E-state index in [0.717, 1.165) is 30.6 Å². The molecule has 13 heavy (non-hydrogen) atoms. The zero-order chi connectivity index (χ0) is 8.55. The molecular weight excluding hydrogens is 190 g/mol. The van der Waals surface area contributed by atoms with Crippen molar-refractivity contribution in [2.45, 2.75) is 13.0 Å². The van der Waals surface area contributed by atoms with Crippen molar-refractivity contribution < 1.29 is 0 Å². The quantitative estimate of drug-likeness (QED) is 0.635. The summed E-state index contributed by atoms with van der Waals surface area (Å²) in [5.41, 5.74) is 2.02. The molecule has 0 bridgehead atoms. The van der Waals surface area contributed by atoms with Gasteiger partial charge in [-0.05, 0) is 18.5 Å². The number of rotatable bonds is 0. The van der Waals surface area contributed by atoms with E-state index in [1.54, 1.807) is 13.2 Å². The molecule has 1 aromatic heterocycles. The molecule has 72 valence electrons. The molecule has 1 aromatic rings. The number of halogens is 1. The van der Waals surface area contributed by atoms with E-state index in [4.69, 9.17) is 0 Å². The van der Waals surface area contributed by atoms with Crippen LogP contribution in [0.4, 0.5) is 0 Å². The van der Waals surface area contributed by atoms with Crippen LogP contribution in [-0.2, 0) is 20.0 Å². The smallest absolute Gasteiger partial charge is 0.270 e. The first-order valence-corrected chi connectivity index (χ1v) is 4.04. The molecule has 5 heteroatoms. The largest absolute Gasteiger partial charge is 0.312 e. The number of hydrogen-bond donors (Lipinski definition) is 1. The van der Waals surface area contributed by atoms with E-state index in [-0.39, 0.29) is 18.0 Å². The number of fused-ring (bicyclic) bond motifs is 1. The van der Waals surface area contributed by atoms with Gasteiger partial charge in [-0.1, -0.05) is 0 Å². The van der Waals surface area contributed by atoms with Crippen molar-refractivity contribution in [1.82, 2.24) is 15.1 Å². The van der Waals surface area contributed by atoms with Crippen LogP contribution < -0.4 is 10.9 Å². The van der Waals surface area contributed by atoms with Gasteiger partial charge in [0.1, 0.15) is 0 Å². The lowest BCUT2D eigenvalue weighted by Crippen LogP contribution is -2.33. The normalized spacial score (nSPS) is 14.5. The van der Waals surface area contributed by atoms with Crippen LogP contribution in [0, 0.1) is 0 Å². The fourth-order valence-corrected chi connectivity index (χ4v) is 1.48. The molecule has 0 aliphatic carbocycles. The van der Waals surface area contributed by atoms with Crippen LogP contribution in [0.25, 0.3) is 0 Å². The Hall–Kier alpha value is -0.870. The molecule has 1 aliphatic heterocycles. The third-order valence-corrected chi connectivity index (χ3v) is 2.19. The van der Waals surface area contributed by atoms with Gasteiger partial charge in [0.15, 0.2) is 0 Å². The number of nitrogens with one attached hydrogen (secondary N) is 1. The zero-order valence-electron chi connectivity index (χ0n) is 7.41. The van der Waals surface area contributed by atoms with E-state index in [9.17, 15) is 4.79 Å². The first kappa shape index (κ1) is 10.2. The van der Waals surface area contributed by atoms with Gasteiger partial charge in [0.25, 0.3) is 5.56 Å². The van der Waals surface area contributed by atoms with Crippen molar-refractivity contribution in [3.8, 4) is 0 Å². The van der Waals surface area contributed by atoms with Crippen molar-refractivity contribution in [3.05, 3.63) is 27.7 Å². The van der Waals surface area contributed by atoms with Gasteiger partial charge in [0.05, 0.1) is 6.20 Å². The maximum absolute atomic E-state index is 11.5. The summed E-state index contributed by atoms with van der Waals surface area (Å²) in [7, 11) is 1.69. The predicted octanol–water partition coefficient (Wildman–Crippen LogP) is -0.152. The Labute approximate surface area is 82.4 Å². The molecule has 0 unspecified atom stereocenters. The highest BCUT2D eigenvalue weighted by atomic mass is 35.5. The molecule has 0 saturated heterocycles. The van der Waals surface area contributed by atoms with Crippen molar-refractivity contribution in [3.63, 3.8) is 0 Å². The van der Waals surface area contributed by atoms with E-state index >= 15 is 0 Å². The van der Waals surface area contributed by atoms with Crippen LogP contribution in [-0.4, -0.2) is 16.3 Å². The van der Waals surface area contributed by atoms with Gasteiger partial charge in [-0.15, -0.1) is 12.4 Å². The van der Waals surface area contributed by atoms with Crippen LogP contribution in [0.15, 0.2) is 11.0 Å². The number of aromatic nitrogens is 2. The maximum Gasteiger partial charge on any atom is 0.270 e. The summed E-state index contributed by atoms with van der Waals surface area (Å²) < 4.78 is 1.39. The summed E-state index contributed by atoms with van der Waals surface area (Å²) in [5, 5.41) is 7.16. The Bertz CT molecular complexity index is 361. The molecule has 1 N–H and O–H groups in total. The SMILES string of the molecule is Cl.Cn1ncc2c(c1=O)CCNC2. The molecule has 0 amide bonds. The second-order valence-corrected chi connectivity index (χ2v) is 3.00. The Kier molecular flexibility index (Phi) is 3.06. The minimum Gasteiger partial charge on any atom is -0.312 e. The maximum atomic E-state index is 11.5. The Morgan fingerprint density at radius 1 is 1.62 bits per heavy atom. The molecule has 0 radical (unpaired) electrons. The standard InChI is InChI=1S/C8H11N3O.ClH/c1-11-8(12)7-2-3-9-4-6(7)5-10-11;/h5,9H,2-4H2,1H3;1H. The molecular formula is C8H12ClN3O. The molecule has 4 nitrogen and oxygen atoms in total. The number of hydrogen-bond acceptors (Lipinski definition) is 3. The fraction of sp³-hybridized carbons (Fsp3) is 0.500. The lowest BCUT2D eigenvalue weighted by Gasteiger charge is -2.15. The summed E-state index contributed by atoms with van der Waals surface area (Å²) >= 11 is 0. The molecule has 2 rings (SSSR count). The molecule has 0 atom stereocenters. The van der Waals surface area contributed by atoms with E-state index < -0.39 is 0 Å². The highest BCUT2D eigenvalue weighted by molar-refractivity contribution is 5.85. The van der Waals surface area contributed by atoms with Crippen LogP contribution >= 0.6 is 12.4 Å². The topological polar surface area (TPSA) is 46.9 Å². The van der Waals surface area contributed by atoms with Crippen LogP contribution in [0.3, 0.4) is 0 Å². The highest BCUT2D eigenvalue weighted by Crippen LogP contribution is 2.06. The van der Waals surface area contributed by atoms with Crippen LogP contribution in [0.2, 0.25) is 0 Å². The van der Waals surface area contributed by atoms with Gasteiger partial charge in [-0.3, -0.25) is 4.79 Å². The van der Waals surface area contributed by atoms with Crippen molar-refractivity contribution in [1.29, 1.82) is 0 Å². The molecule has 0 aromatic carbocycles. The van der Waals surface area contributed by atoms with E-state index in [0.29, 0.717) is 0 Å². The third-order valence-electron chi connectivity index (χ3n) is 2.19. The van der Waals surface area contributed by atoms with Crippen molar-refractivity contribution in [2.75, 3.05) is 6.54 Å². The van der Waals surface area contributed by atoms with Crippen molar-refractivity contribution >= 4 is 12.4 Å². The Balaban J connectivity index is 0.000000845. The van der Waals surface area contributed by atoms with Gasteiger partial charge in [0, 0.05) is 19.2 Å². The van der Waals surface area contributed by atoms with Gasteiger partial charge in [0.2, 0.25) is 0 Å². The summed E-state index contributed by atoms with van der Waals surface area (Å²) in [5.74, 6) is 0. The van der Waals surface area contributed by atoms with E-state index in [1.807, 2.05) is 0 Å². The van der Waals surface area contributed by atoms with Crippen molar-refractivity contribution in [2.24, 2.45) is 7.05 Å². The average Bonchev–Trinajstić information content (AvgIpc) is 2.12. The Morgan fingerprint density at radius 2 is 2.38 bits per heavy atom. The molecule has 0 spiro atoms. The number of nitrogens with zero attached hydrogens (tertiary/aromatic N) is 2. The molecule has 0 saturated carbocycles. The lowest BCUT2D eigenvalue weighted by molar-refractivity contribution is 0.601. The van der Waals surface area contributed by atoms with Gasteiger partial charge in [-0.25, -0.2) is 4.68 Å². The monoisotopic (exact) mass is 201 g/mol. The Morgan fingerprint density at radius 3 is 3.15 bits per heavy atom. The predicted molar refractivity (Wildman–Crippen MR) is 52.1 cm³/mol. The van der Waals surface area contributed by atoms with Gasteiger partial charge in [-0.2, -0.15) is 5.10 Å². The zero-order valence-corrected chi connectivity index (χ0v) is 8.23. The highest BCUT2D eigenvalue weighted by Gasteiger charge is 2.12. The van der Waals surface area contributed by atoms with E-state index in [2.05, 4.69) is 10.4 Å². The molecule has 1 aliphatic rings. The first-order chi connectivity index (χ1) is 5.79. The molecule has 2 heterocycles. The minimum atomic E-state index is 0. The second kappa shape index (κ2) is 3.89. The van der Waals surface area contributed by atoms with E-state index in [1.165, 1.54) is 4.68 Å². The second-order valence-electron chi connectivity index (χ2n) is 3.00. The average molecular weight is 202 g/mol. The number of aryl methyl sites for hydroxylation is 1. The summed E-state index contributed by atoms with van der Waals surface area (Å²) in [6.45, 7) is 1.67. The molecule has 0 fully saturated rings. The first-order valence-electron chi connectivity index (χ1n) is 4.04. The van der Waals surface area contributed by atoms with Crippen LogP contribution in [0.5, 0.6) is 0 Å². The van der Waals surface area contributed by atoms with Gasteiger partial charge >= 0.3 is 0 Å².